The van der Waals surface area contributed by atoms with Gasteiger partial charge in [0.25, 0.3) is 0 Å². The van der Waals surface area contributed by atoms with Crippen LogP contribution in [0, 0.1) is 5.92 Å². The fourth-order valence-corrected chi connectivity index (χ4v) is 3.31. The summed E-state index contributed by atoms with van der Waals surface area (Å²) in [7, 11) is 0. The summed E-state index contributed by atoms with van der Waals surface area (Å²) in [5, 5.41) is 7.88. The van der Waals surface area contributed by atoms with Gasteiger partial charge in [-0.25, -0.2) is 0 Å². The molecule has 0 aromatic heterocycles. The van der Waals surface area contributed by atoms with Gasteiger partial charge < -0.3 is 10.6 Å². The molecule has 0 bridgehead atoms. The summed E-state index contributed by atoms with van der Waals surface area (Å²) in [6, 6.07) is 1.24. The number of hydrogen-bond donors (Lipinski definition) is 2. The lowest BCUT2D eigenvalue weighted by Gasteiger charge is -2.31. The Bertz CT molecular complexity index is 236. The molecule has 2 saturated carbocycles. The Kier molecular flexibility index (Phi) is 4.45. The van der Waals surface area contributed by atoms with Crippen LogP contribution in [0.15, 0.2) is 0 Å². The van der Waals surface area contributed by atoms with Crippen LogP contribution in [0.3, 0.4) is 0 Å². The summed E-state index contributed by atoms with van der Waals surface area (Å²) < 4.78 is 0. The van der Waals surface area contributed by atoms with Gasteiger partial charge in [0.2, 0.25) is 0 Å². The molecule has 2 N–H and O–H groups in total. The SMILES string of the molecule is CC1CCCCC1NC(=S)NC1CCCC1. The molecule has 2 nitrogen and oxygen atoms in total. The van der Waals surface area contributed by atoms with Crippen molar-refractivity contribution in [3.05, 3.63) is 0 Å². The van der Waals surface area contributed by atoms with Crippen molar-refractivity contribution in [3.63, 3.8) is 0 Å². The molecule has 0 aromatic rings. The molecule has 2 fully saturated rings. The summed E-state index contributed by atoms with van der Waals surface area (Å²) in [5.74, 6) is 0.775. The smallest absolute Gasteiger partial charge is 0.166 e. The Morgan fingerprint density at radius 3 is 2.25 bits per heavy atom. The van der Waals surface area contributed by atoms with Crippen LogP contribution in [0.5, 0.6) is 0 Å². The number of nitrogens with one attached hydrogen (secondary N) is 2. The zero-order valence-electron chi connectivity index (χ0n) is 10.3. The monoisotopic (exact) mass is 240 g/mol. The van der Waals surface area contributed by atoms with E-state index in [-0.39, 0.29) is 0 Å². The fraction of sp³-hybridized carbons (Fsp3) is 0.923. The van der Waals surface area contributed by atoms with Crippen molar-refractivity contribution in [2.45, 2.75) is 70.4 Å². The first-order valence-electron chi connectivity index (χ1n) is 6.83. The van der Waals surface area contributed by atoms with Crippen LogP contribution < -0.4 is 10.6 Å². The first kappa shape index (κ1) is 12.2. The largest absolute Gasteiger partial charge is 0.360 e. The number of rotatable bonds is 2. The average molecular weight is 240 g/mol. The van der Waals surface area contributed by atoms with E-state index in [9.17, 15) is 0 Å². The molecule has 2 aliphatic carbocycles. The predicted octanol–water partition coefficient (Wildman–Crippen LogP) is 2.97. The molecule has 16 heavy (non-hydrogen) atoms. The van der Waals surface area contributed by atoms with Crippen LogP contribution in [0.4, 0.5) is 0 Å². The lowest BCUT2D eigenvalue weighted by atomic mass is 9.86. The van der Waals surface area contributed by atoms with Gasteiger partial charge >= 0.3 is 0 Å². The van der Waals surface area contributed by atoms with E-state index in [4.69, 9.17) is 12.2 Å². The molecule has 0 amide bonds. The third-order valence-electron chi connectivity index (χ3n) is 4.12. The standard InChI is InChI=1S/C13H24N2S/c1-10-6-2-5-9-12(10)15-13(16)14-11-7-3-4-8-11/h10-12H,2-9H2,1H3,(H2,14,15,16). The van der Waals surface area contributed by atoms with Gasteiger partial charge in [-0.1, -0.05) is 32.6 Å². The third kappa shape index (κ3) is 3.34. The second-order valence-corrected chi connectivity index (χ2v) is 5.88. The van der Waals surface area contributed by atoms with E-state index >= 15 is 0 Å². The van der Waals surface area contributed by atoms with Crippen molar-refractivity contribution in [2.24, 2.45) is 5.92 Å². The second kappa shape index (κ2) is 5.85. The van der Waals surface area contributed by atoms with Crippen LogP contribution in [0.2, 0.25) is 0 Å². The van der Waals surface area contributed by atoms with E-state index in [1.807, 2.05) is 0 Å². The first-order valence-corrected chi connectivity index (χ1v) is 7.23. The average Bonchev–Trinajstić information content (AvgIpc) is 2.74. The zero-order valence-corrected chi connectivity index (χ0v) is 11.1. The van der Waals surface area contributed by atoms with Crippen LogP contribution in [-0.4, -0.2) is 17.2 Å². The lowest BCUT2D eigenvalue weighted by molar-refractivity contribution is 0.307. The number of thiocarbonyl (C=S) groups is 1. The molecule has 3 heteroatoms. The van der Waals surface area contributed by atoms with Gasteiger partial charge in [0.15, 0.2) is 5.11 Å². The minimum Gasteiger partial charge on any atom is -0.360 e. The molecule has 2 unspecified atom stereocenters. The summed E-state index contributed by atoms with van der Waals surface area (Å²) >= 11 is 5.40. The van der Waals surface area contributed by atoms with E-state index in [1.165, 1.54) is 51.4 Å². The number of hydrogen-bond acceptors (Lipinski definition) is 1. The van der Waals surface area contributed by atoms with Crippen molar-refractivity contribution < 1.29 is 0 Å². The maximum Gasteiger partial charge on any atom is 0.166 e. The van der Waals surface area contributed by atoms with Gasteiger partial charge in [-0.3, -0.25) is 0 Å². The maximum absolute atomic E-state index is 5.40. The van der Waals surface area contributed by atoms with Gasteiger partial charge in [-0.05, 0) is 43.8 Å². The zero-order chi connectivity index (χ0) is 11.4. The molecular formula is C13H24N2S. The predicted molar refractivity (Wildman–Crippen MR) is 72.5 cm³/mol. The van der Waals surface area contributed by atoms with E-state index in [2.05, 4.69) is 17.6 Å². The van der Waals surface area contributed by atoms with Crippen LogP contribution in [-0.2, 0) is 0 Å². The molecule has 2 atom stereocenters. The van der Waals surface area contributed by atoms with Crippen LogP contribution in [0.1, 0.15) is 58.3 Å². The maximum atomic E-state index is 5.40. The summed E-state index contributed by atoms with van der Waals surface area (Å²) in [6.45, 7) is 2.34. The van der Waals surface area contributed by atoms with E-state index in [1.54, 1.807) is 0 Å². The molecule has 0 heterocycles. The van der Waals surface area contributed by atoms with E-state index < -0.39 is 0 Å². The van der Waals surface area contributed by atoms with Crippen molar-refractivity contribution in [1.82, 2.24) is 10.6 Å². The molecule has 92 valence electrons. The Hall–Kier alpha value is -0.310. The first-order chi connectivity index (χ1) is 7.75. The van der Waals surface area contributed by atoms with Gasteiger partial charge in [0, 0.05) is 12.1 Å². The quantitative estimate of drug-likeness (QED) is 0.726. The fourth-order valence-electron chi connectivity index (χ4n) is 3.00. The Morgan fingerprint density at radius 2 is 1.56 bits per heavy atom. The Morgan fingerprint density at radius 1 is 0.938 bits per heavy atom. The lowest BCUT2D eigenvalue weighted by Crippen LogP contribution is -2.48. The molecular weight excluding hydrogens is 216 g/mol. The highest BCUT2D eigenvalue weighted by Gasteiger charge is 2.22. The summed E-state index contributed by atoms with van der Waals surface area (Å²) in [4.78, 5) is 0. The van der Waals surface area contributed by atoms with Crippen molar-refractivity contribution in [1.29, 1.82) is 0 Å². The highest BCUT2D eigenvalue weighted by Crippen LogP contribution is 2.24. The molecule has 2 rings (SSSR count). The minimum absolute atomic E-state index is 0.607. The topological polar surface area (TPSA) is 24.1 Å². The summed E-state index contributed by atoms with van der Waals surface area (Å²) in [6.07, 6.45) is 10.7. The normalized spacial score (nSPS) is 31.3. The van der Waals surface area contributed by atoms with Crippen molar-refractivity contribution in [3.8, 4) is 0 Å². The van der Waals surface area contributed by atoms with Crippen LogP contribution in [0.25, 0.3) is 0 Å². The molecule has 0 saturated heterocycles. The third-order valence-corrected chi connectivity index (χ3v) is 4.35. The Labute approximate surface area is 105 Å². The molecule has 2 aliphatic rings. The van der Waals surface area contributed by atoms with E-state index in [0.717, 1.165) is 11.0 Å². The highest BCUT2D eigenvalue weighted by atomic mass is 32.1. The van der Waals surface area contributed by atoms with Gasteiger partial charge in [0.05, 0.1) is 0 Å². The molecule has 0 aliphatic heterocycles. The van der Waals surface area contributed by atoms with Crippen LogP contribution >= 0.6 is 12.2 Å². The van der Waals surface area contributed by atoms with Gasteiger partial charge in [-0.2, -0.15) is 0 Å². The second-order valence-electron chi connectivity index (χ2n) is 5.47. The molecule has 0 spiro atoms. The van der Waals surface area contributed by atoms with E-state index in [0.29, 0.717) is 12.1 Å². The van der Waals surface area contributed by atoms with Gasteiger partial charge in [0.1, 0.15) is 0 Å². The van der Waals surface area contributed by atoms with Crippen molar-refractivity contribution >= 4 is 17.3 Å². The Balaban J connectivity index is 1.72. The minimum atomic E-state index is 0.607. The summed E-state index contributed by atoms with van der Waals surface area (Å²) in [5.41, 5.74) is 0. The van der Waals surface area contributed by atoms with Gasteiger partial charge in [-0.15, -0.1) is 0 Å². The van der Waals surface area contributed by atoms with Crippen molar-refractivity contribution in [2.75, 3.05) is 0 Å². The highest BCUT2D eigenvalue weighted by molar-refractivity contribution is 7.80. The molecule has 0 radical (unpaired) electrons. The molecule has 0 aromatic carbocycles.